The molecule has 0 radical (unpaired) electrons. The Morgan fingerprint density at radius 1 is 1.30 bits per heavy atom. The van der Waals surface area contributed by atoms with Gasteiger partial charge in [0.15, 0.2) is 0 Å². The number of anilines is 1. The summed E-state index contributed by atoms with van der Waals surface area (Å²) in [4.78, 5) is 24.8. The molecule has 0 heterocycles. The monoisotopic (exact) mass is 298 g/mol. The lowest BCUT2D eigenvalue weighted by Crippen LogP contribution is -2.41. The normalized spacial score (nSPS) is 12.1. The second-order valence-corrected chi connectivity index (χ2v) is 5.46. The van der Waals surface area contributed by atoms with Crippen molar-refractivity contribution in [3.63, 3.8) is 0 Å². The van der Waals surface area contributed by atoms with Crippen molar-refractivity contribution < 1.29 is 14.7 Å². The molecule has 1 unspecified atom stereocenters. The van der Waals surface area contributed by atoms with Crippen LogP contribution in [0.4, 0.5) is 10.5 Å². The van der Waals surface area contributed by atoms with Crippen LogP contribution in [0.15, 0.2) is 18.2 Å². The maximum absolute atomic E-state index is 12.1. The standard InChI is InChI=1S/C14H19ClN2O3/c1-8(2)9(3)17(4)14(20)16-12-6-5-10(15)7-11(12)13(18)19/h5-9H,1-4H3,(H,16,20)(H,18,19). The highest BCUT2D eigenvalue weighted by atomic mass is 35.5. The van der Waals surface area contributed by atoms with Crippen LogP contribution in [-0.4, -0.2) is 35.1 Å². The van der Waals surface area contributed by atoms with Crippen molar-refractivity contribution in [1.29, 1.82) is 0 Å². The number of aromatic carboxylic acids is 1. The van der Waals surface area contributed by atoms with E-state index >= 15 is 0 Å². The van der Waals surface area contributed by atoms with E-state index in [1.54, 1.807) is 11.9 Å². The number of benzene rings is 1. The van der Waals surface area contributed by atoms with Crippen LogP contribution in [0.5, 0.6) is 0 Å². The lowest BCUT2D eigenvalue weighted by molar-refractivity contribution is 0.0698. The second kappa shape index (κ2) is 6.61. The molecule has 0 saturated carbocycles. The van der Waals surface area contributed by atoms with Gasteiger partial charge < -0.3 is 15.3 Å². The van der Waals surface area contributed by atoms with E-state index in [1.807, 2.05) is 20.8 Å². The van der Waals surface area contributed by atoms with Crippen LogP contribution >= 0.6 is 11.6 Å². The van der Waals surface area contributed by atoms with Gasteiger partial charge in [0.05, 0.1) is 11.3 Å². The zero-order chi connectivity index (χ0) is 15.4. The number of nitrogens with one attached hydrogen (secondary N) is 1. The summed E-state index contributed by atoms with van der Waals surface area (Å²) in [7, 11) is 1.68. The molecule has 1 aromatic rings. The summed E-state index contributed by atoms with van der Waals surface area (Å²) in [6.07, 6.45) is 0. The maximum Gasteiger partial charge on any atom is 0.337 e. The zero-order valence-corrected chi connectivity index (χ0v) is 12.7. The van der Waals surface area contributed by atoms with Gasteiger partial charge in [0.2, 0.25) is 0 Å². The van der Waals surface area contributed by atoms with E-state index in [4.69, 9.17) is 16.7 Å². The van der Waals surface area contributed by atoms with Crippen molar-refractivity contribution in [2.45, 2.75) is 26.8 Å². The van der Waals surface area contributed by atoms with Gasteiger partial charge in [-0.15, -0.1) is 0 Å². The third kappa shape index (κ3) is 3.87. The fourth-order valence-corrected chi connectivity index (χ4v) is 1.81. The van der Waals surface area contributed by atoms with Crippen LogP contribution in [-0.2, 0) is 0 Å². The molecular weight excluding hydrogens is 280 g/mol. The van der Waals surface area contributed by atoms with Gasteiger partial charge in [-0.1, -0.05) is 25.4 Å². The van der Waals surface area contributed by atoms with E-state index in [0.717, 1.165) is 0 Å². The first kappa shape index (κ1) is 16.3. The SMILES string of the molecule is CC(C)C(C)N(C)C(=O)Nc1ccc(Cl)cc1C(=O)O. The minimum absolute atomic E-state index is 0.0311. The van der Waals surface area contributed by atoms with Gasteiger partial charge in [0.25, 0.3) is 0 Å². The van der Waals surface area contributed by atoms with Crippen LogP contribution in [0.3, 0.4) is 0 Å². The van der Waals surface area contributed by atoms with Crippen molar-refractivity contribution in [3.05, 3.63) is 28.8 Å². The fourth-order valence-electron chi connectivity index (χ4n) is 1.64. The molecule has 2 N–H and O–H groups in total. The molecule has 1 atom stereocenters. The predicted octanol–water partition coefficient (Wildman–Crippen LogP) is 3.55. The summed E-state index contributed by atoms with van der Waals surface area (Å²) in [5.74, 6) is -0.836. The summed E-state index contributed by atoms with van der Waals surface area (Å²) >= 11 is 5.77. The third-order valence-electron chi connectivity index (χ3n) is 3.35. The van der Waals surface area contributed by atoms with Gasteiger partial charge in [-0.3, -0.25) is 0 Å². The molecule has 1 aromatic carbocycles. The van der Waals surface area contributed by atoms with Crippen LogP contribution in [0, 0.1) is 5.92 Å². The Balaban J connectivity index is 2.94. The van der Waals surface area contributed by atoms with E-state index in [9.17, 15) is 9.59 Å². The van der Waals surface area contributed by atoms with Gasteiger partial charge in [0.1, 0.15) is 0 Å². The van der Waals surface area contributed by atoms with Crippen LogP contribution in [0.2, 0.25) is 5.02 Å². The molecule has 0 bridgehead atoms. The van der Waals surface area contributed by atoms with Crippen LogP contribution in [0.1, 0.15) is 31.1 Å². The summed E-state index contributed by atoms with van der Waals surface area (Å²) < 4.78 is 0. The number of carboxylic acids is 1. The Kier molecular flexibility index (Phi) is 5.39. The minimum atomic E-state index is -1.14. The number of halogens is 1. The van der Waals surface area contributed by atoms with Crippen molar-refractivity contribution in [1.82, 2.24) is 4.90 Å². The lowest BCUT2D eigenvalue weighted by Gasteiger charge is -2.28. The number of urea groups is 1. The molecular formula is C14H19ClN2O3. The molecule has 110 valence electrons. The van der Waals surface area contributed by atoms with Gasteiger partial charge in [-0.25, -0.2) is 9.59 Å². The first-order valence-electron chi connectivity index (χ1n) is 6.30. The highest BCUT2D eigenvalue weighted by Gasteiger charge is 2.20. The molecule has 0 aliphatic carbocycles. The van der Waals surface area contributed by atoms with Crippen molar-refractivity contribution >= 4 is 29.3 Å². The predicted molar refractivity (Wildman–Crippen MR) is 79.5 cm³/mol. The number of hydrogen-bond donors (Lipinski definition) is 2. The zero-order valence-electron chi connectivity index (χ0n) is 12.0. The van der Waals surface area contributed by atoms with Gasteiger partial charge >= 0.3 is 12.0 Å². The third-order valence-corrected chi connectivity index (χ3v) is 3.58. The van der Waals surface area contributed by atoms with Crippen LogP contribution < -0.4 is 5.32 Å². The molecule has 1 rings (SSSR count). The molecule has 6 heteroatoms. The number of hydrogen-bond acceptors (Lipinski definition) is 2. The van der Waals surface area contributed by atoms with E-state index in [0.29, 0.717) is 10.9 Å². The molecule has 0 saturated heterocycles. The average Bonchev–Trinajstić information content (AvgIpc) is 2.38. The molecule has 0 aliphatic rings. The second-order valence-electron chi connectivity index (χ2n) is 5.02. The minimum Gasteiger partial charge on any atom is -0.478 e. The molecule has 2 amide bonds. The van der Waals surface area contributed by atoms with Crippen molar-refractivity contribution in [2.24, 2.45) is 5.92 Å². The van der Waals surface area contributed by atoms with Crippen molar-refractivity contribution in [3.8, 4) is 0 Å². The smallest absolute Gasteiger partial charge is 0.337 e. The topological polar surface area (TPSA) is 69.6 Å². The fraction of sp³-hybridized carbons (Fsp3) is 0.429. The number of nitrogens with zero attached hydrogens (tertiary/aromatic N) is 1. The number of carboxylic acid groups (broad SMARTS) is 1. The molecule has 20 heavy (non-hydrogen) atoms. The first-order chi connectivity index (χ1) is 9.23. The molecule has 0 spiro atoms. The summed E-state index contributed by atoms with van der Waals surface area (Å²) in [6, 6.07) is 4.02. The highest BCUT2D eigenvalue weighted by Crippen LogP contribution is 2.21. The Morgan fingerprint density at radius 3 is 2.40 bits per heavy atom. The summed E-state index contributed by atoms with van der Waals surface area (Å²) in [6.45, 7) is 5.96. The van der Waals surface area contributed by atoms with Gasteiger partial charge in [-0.2, -0.15) is 0 Å². The van der Waals surface area contributed by atoms with E-state index in [-0.39, 0.29) is 23.3 Å². The van der Waals surface area contributed by atoms with Crippen LogP contribution in [0.25, 0.3) is 0 Å². The molecule has 0 aliphatic heterocycles. The summed E-state index contributed by atoms with van der Waals surface area (Å²) in [5.41, 5.74) is 0.200. The van der Waals surface area contributed by atoms with E-state index in [2.05, 4.69) is 5.32 Å². The highest BCUT2D eigenvalue weighted by molar-refractivity contribution is 6.31. The average molecular weight is 299 g/mol. The number of carbonyl (C=O) groups is 2. The number of amides is 2. The molecule has 0 fully saturated rings. The number of rotatable bonds is 4. The van der Waals surface area contributed by atoms with Gasteiger partial charge in [-0.05, 0) is 31.0 Å². The van der Waals surface area contributed by atoms with Crippen molar-refractivity contribution in [2.75, 3.05) is 12.4 Å². The quantitative estimate of drug-likeness (QED) is 0.893. The first-order valence-corrected chi connectivity index (χ1v) is 6.68. The number of carbonyl (C=O) groups excluding carboxylic acids is 1. The Morgan fingerprint density at radius 2 is 1.90 bits per heavy atom. The Hall–Kier alpha value is -1.75. The molecule has 0 aromatic heterocycles. The molecule has 5 nitrogen and oxygen atoms in total. The maximum atomic E-state index is 12.1. The Bertz CT molecular complexity index is 517. The van der Waals surface area contributed by atoms with E-state index < -0.39 is 5.97 Å². The largest absolute Gasteiger partial charge is 0.478 e. The Labute approximate surface area is 123 Å². The van der Waals surface area contributed by atoms with E-state index in [1.165, 1.54) is 18.2 Å². The summed E-state index contributed by atoms with van der Waals surface area (Å²) in [5, 5.41) is 12.0. The lowest BCUT2D eigenvalue weighted by atomic mass is 10.1. The van der Waals surface area contributed by atoms with Gasteiger partial charge in [0, 0.05) is 18.1 Å².